The summed E-state index contributed by atoms with van der Waals surface area (Å²) in [6.07, 6.45) is -4.08. The van der Waals surface area contributed by atoms with Crippen molar-refractivity contribution < 1.29 is 13.2 Å². The first-order chi connectivity index (χ1) is 7.73. The molecule has 0 atom stereocenters. The Morgan fingerprint density at radius 1 is 1.06 bits per heavy atom. The normalized spacial score (nSPS) is 10.1. The zero-order valence-electron chi connectivity index (χ0n) is 8.88. The Bertz CT molecular complexity index is 373. The third kappa shape index (κ3) is 7.83. The quantitative estimate of drug-likeness (QED) is 0.471. The molecule has 17 heavy (non-hydrogen) atoms. The average Bonchev–Trinajstić information content (AvgIpc) is 2.17. The molecule has 0 aliphatic rings. The highest BCUT2D eigenvalue weighted by molar-refractivity contribution is 5.82. The second-order valence-corrected chi connectivity index (χ2v) is 3.10. The number of amidine groups is 2. The lowest BCUT2D eigenvalue weighted by molar-refractivity contribution is -0.0606. The number of nitrogens with one attached hydrogen (secondary N) is 2. The van der Waals surface area contributed by atoms with E-state index in [0.29, 0.717) is 6.42 Å². The first-order valence-electron chi connectivity index (χ1n) is 4.51. The largest absolute Gasteiger partial charge is 0.448 e. The van der Waals surface area contributed by atoms with Crippen LogP contribution in [0.1, 0.15) is 5.56 Å². The Morgan fingerprint density at radius 2 is 1.47 bits per heavy atom. The molecule has 0 heterocycles. The lowest BCUT2D eigenvalue weighted by Gasteiger charge is -1.98. The number of benzene rings is 1. The molecule has 0 unspecified atom stereocenters. The maximum Gasteiger partial charge on any atom is 0.448 e. The lowest BCUT2D eigenvalue weighted by Crippen LogP contribution is -2.29. The maximum atomic E-state index is 10.8. The summed E-state index contributed by atoms with van der Waals surface area (Å²) in [5.74, 6) is -1.54. The van der Waals surface area contributed by atoms with Gasteiger partial charge >= 0.3 is 6.18 Å². The topological polar surface area (TPSA) is 99.7 Å². The van der Waals surface area contributed by atoms with Crippen molar-refractivity contribution in [3.05, 3.63) is 35.9 Å². The molecule has 1 rings (SSSR count). The van der Waals surface area contributed by atoms with Crippen molar-refractivity contribution in [1.29, 1.82) is 10.8 Å². The molecule has 0 spiro atoms. The highest BCUT2D eigenvalue weighted by atomic mass is 19.4. The third-order valence-electron chi connectivity index (χ3n) is 1.54. The minimum atomic E-state index is -4.64. The molecule has 0 amide bonds. The summed E-state index contributed by atoms with van der Waals surface area (Å²) >= 11 is 0. The first-order valence-corrected chi connectivity index (χ1v) is 4.51. The number of rotatable bonds is 2. The van der Waals surface area contributed by atoms with Crippen LogP contribution in [0.15, 0.2) is 30.3 Å². The van der Waals surface area contributed by atoms with E-state index in [0.717, 1.165) is 5.56 Å². The molecule has 6 N–H and O–H groups in total. The van der Waals surface area contributed by atoms with Crippen molar-refractivity contribution in [1.82, 2.24) is 0 Å². The minimum absolute atomic E-state index is 0.214. The standard InChI is InChI=1S/C8H10N2.C2H3F3N2/c9-8(10)6-7-4-2-1-3-5-7;3-2(4,5)1(6)7/h1-5H,6H2,(H3,9,10);(H3,6,7). The fraction of sp³-hybridized carbons (Fsp3) is 0.200. The van der Waals surface area contributed by atoms with Gasteiger partial charge in [0.15, 0.2) is 5.84 Å². The monoisotopic (exact) mass is 246 g/mol. The molecular weight excluding hydrogens is 233 g/mol. The number of hydrogen-bond acceptors (Lipinski definition) is 2. The van der Waals surface area contributed by atoms with Crippen molar-refractivity contribution in [3.8, 4) is 0 Å². The molecule has 94 valence electrons. The summed E-state index contributed by atoms with van der Waals surface area (Å²) in [6.45, 7) is 0. The zero-order chi connectivity index (χ0) is 13.5. The van der Waals surface area contributed by atoms with E-state index in [2.05, 4.69) is 5.73 Å². The Morgan fingerprint density at radius 3 is 1.76 bits per heavy atom. The predicted octanol–water partition coefficient (Wildman–Crippen LogP) is 1.65. The molecular formula is C10H13F3N4. The van der Waals surface area contributed by atoms with E-state index in [4.69, 9.17) is 16.6 Å². The fourth-order valence-electron chi connectivity index (χ4n) is 0.816. The second-order valence-electron chi connectivity index (χ2n) is 3.10. The van der Waals surface area contributed by atoms with Crippen LogP contribution in [0, 0.1) is 10.8 Å². The third-order valence-corrected chi connectivity index (χ3v) is 1.54. The van der Waals surface area contributed by atoms with Gasteiger partial charge in [-0.05, 0) is 5.56 Å². The van der Waals surface area contributed by atoms with Gasteiger partial charge in [0.2, 0.25) is 0 Å². The molecule has 7 heteroatoms. The fourth-order valence-corrected chi connectivity index (χ4v) is 0.816. The molecule has 0 fully saturated rings. The highest BCUT2D eigenvalue weighted by Crippen LogP contribution is 2.12. The van der Waals surface area contributed by atoms with E-state index in [1.807, 2.05) is 30.3 Å². The van der Waals surface area contributed by atoms with Crippen LogP contribution in [0.3, 0.4) is 0 Å². The van der Waals surface area contributed by atoms with Crippen LogP contribution in [0.25, 0.3) is 0 Å². The van der Waals surface area contributed by atoms with Crippen LogP contribution in [-0.4, -0.2) is 17.8 Å². The summed E-state index contributed by atoms with van der Waals surface area (Å²) in [4.78, 5) is 0. The van der Waals surface area contributed by atoms with Gasteiger partial charge < -0.3 is 11.5 Å². The summed E-state index contributed by atoms with van der Waals surface area (Å²) in [5.41, 5.74) is 10.3. The first kappa shape index (κ1) is 14.9. The number of alkyl halides is 3. The van der Waals surface area contributed by atoms with Crippen LogP contribution in [0.2, 0.25) is 0 Å². The second kappa shape index (κ2) is 6.51. The van der Waals surface area contributed by atoms with Crippen LogP contribution in [0.4, 0.5) is 13.2 Å². The van der Waals surface area contributed by atoms with E-state index >= 15 is 0 Å². The van der Waals surface area contributed by atoms with Crippen molar-refractivity contribution in [2.75, 3.05) is 0 Å². The van der Waals surface area contributed by atoms with Gasteiger partial charge in [-0.15, -0.1) is 0 Å². The molecule has 1 aromatic carbocycles. The molecule has 0 aromatic heterocycles. The van der Waals surface area contributed by atoms with E-state index < -0.39 is 12.0 Å². The van der Waals surface area contributed by atoms with Crippen molar-refractivity contribution in [2.24, 2.45) is 11.5 Å². The Labute approximate surface area is 96.4 Å². The minimum Gasteiger partial charge on any atom is -0.387 e. The van der Waals surface area contributed by atoms with E-state index in [-0.39, 0.29) is 5.84 Å². The van der Waals surface area contributed by atoms with Crippen LogP contribution >= 0.6 is 0 Å². The summed E-state index contributed by atoms with van der Waals surface area (Å²) in [5, 5.41) is 12.8. The summed E-state index contributed by atoms with van der Waals surface area (Å²) in [6, 6.07) is 9.75. The average molecular weight is 246 g/mol. The molecule has 0 aliphatic carbocycles. The molecule has 0 saturated carbocycles. The SMILES string of the molecule is N=C(N)C(F)(F)F.N=C(N)Cc1ccccc1. The Kier molecular flexibility index (Phi) is 5.73. The van der Waals surface area contributed by atoms with Crippen LogP contribution < -0.4 is 11.5 Å². The van der Waals surface area contributed by atoms with Gasteiger partial charge in [-0.25, -0.2) is 0 Å². The number of hydrogen-bond donors (Lipinski definition) is 4. The van der Waals surface area contributed by atoms with Gasteiger partial charge in [-0.3, -0.25) is 10.8 Å². The molecule has 0 radical (unpaired) electrons. The van der Waals surface area contributed by atoms with Crippen molar-refractivity contribution in [2.45, 2.75) is 12.6 Å². The van der Waals surface area contributed by atoms with Crippen molar-refractivity contribution in [3.63, 3.8) is 0 Å². The molecule has 4 nitrogen and oxygen atoms in total. The van der Waals surface area contributed by atoms with Crippen LogP contribution in [0.5, 0.6) is 0 Å². The number of nitrogens with two attached hydrogens (primary N) is 2. The summed E-state index contributed by atoms with van der Waals surface area (Å²) in [7, 11) is 0. The van der Waals surface area contributed by atoms with Gasteiger partial charge in [-0.2, -0.15) is 13.2 Å². The van der Waals surface area contributed by atoms with E-state index in [1.165, 1.54) is 0 Å². The zero-order valence-corrected chi connectivity index (χ0v) is 8.88. The van der Waals surface area contributed by atoms with Crippen LogP contribution in [-0.2, 0) is 6.42 Å². The predicted molar refractivity (Wildman–Crippen MR) is 60.0 cm³/mol. The Balaban J connectivity index is 0.000000325. The lowest BCUT2D eigenvalue weighted by atomic mass is 10.1. The van der Waals surface area contributed by atoms with Crippen molar-refractivity contribution >= 4 is 11.7 Å². The van der Waals surface area contributed by atoms with E-state index in [9.17, 15) is 13.2 Å². The van der Waals surface area contributed by atoms with Gasteiger partial charge in [-0.1, -0.05) is 30.3 Å². The summed E-state index contributed by atoms with van der Waals surface area (Å²) < 4.78 is 32.5. The maximum absolute atomic E-state index is 10.8. The molecule has 0 bridgehead atoms. The van der Waals surface area contributed by atoms with Gasteiger partial charge in [0.25, 0.3) is 0 Å². The van der Waals surface area contributed by atoms with E-state index in [1.54, 1.807) is 0 Å². The number of halogens is 3. The van der Waals surface area contributed by atoms with Gasteiger partial charge in [0, 0.05) is 6.42 Å². The molecule has 0 saturated heterocycles. The smallest absolute Gasteiger partial charge is 0.387 e. The van der Waals surface area contributed by atoms with Gasteiger partial charge in [0.05, 0.1) is 5.84 Å². The molecule has 0 aliphatic heterocycles. The molecule has 1 aromatic rings. The van der Waals surface area contributed by atoms with Gasteiger partial charge in [0.1, 0.15) is 0 Å². The Hall–Kier alpha value is -2.05. The highest BCUT2D eigenvalue weighted by Gasteiger charge is 2.31.